The Morgan fingerprint density at radius 1 is 1.18 bits per heavy atom. The summed E-state index contributed by atoms with van der Waals surface area (Å²) in [5.74, 6) is 3.53. The lowest BCUT2D eigenvalue weighted by molar-refractivity contribution is 0.752. The van der Waals surface area contributed by atoms with Gasteiger partial charge in [-0.15, -0.1) is 11.8 Å². The van der Waals surface area contributed by atoms with Crippen molar-refractivity contribution < 1.29 is 0 Å². The Morgan fingerprint density at radius 2 is 2.00 bits per heavy atom. The molecule has 0 amide bonds. The molecule has 0 radical (unpaired) electrons. The van der Waals surface area contributed by atoms with Gasteiger partial charge in [-0.05, 0) is 6.92 Å². The minimum atomic E-state index is 0.471. The average molecular weight is 267 g/mol. The molecule has 2 aliphatic rings. The van der Waals surface area contributed by atoms with Crippen molar-refractivity contribution in [3.8, 4) is 0 Å². The molecule has 17 heavy (non-hydrogen) atoms. The fourth-order valence-corrected chi connectivity index (χ4v) is 5.09. The summed E-state index contributed by atoms with van der Waals surface area (Å²) in [4.78, 5) is 9.51. The van der Waals surface area contributed by atoms with Crippen LogP contribution in [0.5, 0.6) is 0 Å². The molecule has 0 aliphatic carbocycles. The van der Waals surface area contributed by atoms with Crippen molar-refractivity contribution in [2.24, 2.45) is 0 Å². The zero-order valence-corrected chi connectivity index (χ0v) is 11.8. The fraction of sp³-hybridized carbons (Fsp3) is 0.667. The van der Waals surface area contributed by atoms with E-state index in [0.29, 0.717) is 10.5 Å². The van der Waals surface area contributed by atoms with Crippen LogP contribution in [-0.4, -0.2) is 26.7 Å². The largest absolute Gasteiger partial charge is 0.307 e. The molecule has 0 spiro atoms. The van der Waals surface area contributed by atoms with Crippen molar-refractivity contribution >= 4 is 23.5 Å². The molecule has 1 N–H and O–H groups in total. The first kappa shape index (κ1) is 11.8. The van der Waals surface area contributed by atoms with Crippen molar-refractivity contribution in [2.75, 3.05) is 11.5 Å². The SMILES string of the molecule is Cc1nc(C2SCCSC2C)nc2c1CNC2. The highest BCUT2D eigenvalue weighted by Crippen LogP contribution is 2.41. The molecule has 1 fully saturated rings. The third-order valence-electron chi connectivity index (χ3n) is 3.35. The molecule has 3 heterocycles. The van der Waals surface area contributed by atoms with Crippen LogP contribution in [0.15, 0.2) is 0 Å². The molecule has 3 nitrogen and oxygen atoms in total. The van der Waals surface area contributed by atoms with Crippen LogP contribution in [0.4, 0.5) is 0 Å². The van der Waals surface area contributed by atoms with Gasteiger partial charge in [0.25, 0.3) is 0 Å². The fourth-order valence-electron chi connectivity index (χ4n) is 2.40. The van der Waals surface area contributed by atoms with Crippen LogP contribution in [0, 0.1) is 6.92 Å². The average Bonchev–Trinajstić information content (AvgIpc) is 2.78. The van der Waals surface area contributed by atoms with Crippen LogP contribution in [-0.2, 0) is 13.1 Å². The molecule has 0 saturated carbocycles. The molecule has 1 saturated heterocycles. The molecular weight excluding hydrogens is 250 g/mol. The smallest absolute Gasteiger partial charge is 0.142 e. The Morgan fingerprint density at radius 3 is 2.82 bits per heavy atom. The molecule has 2 unspecified atom stereocenters. The minimum absolute atomic E-state index is 0.471. The van der Waals surface area contributed by atoms with Crippen LogP contribution in [0.3, 0.4) is 0 Å². The summed E-state index contributed by atoms with van der Waals surface area (Å²) < 4.78 is 0. The monoisotopic (exact) mass is 267 g/mol. The van der Waals surface area contributed by atoms with E-state index in [9.17, 15) is 0 Å². The summed E-state index contributed by atoms with van der Waals surface area (Å²) in [5.41, 5.74) is 3.70. The summed E-state index contributed by atoms with van der Waals surface area (Å²) >= 11 is 4.06. The van der Waals surface area contributed by atoms with Crippen LogP contribution >= 0.6 is 23.5 Å². The van der Waals surface area contributed by atoms with Crippen molar-refractivity contribution in [2.45, 2.75) is 37.4 Å². The number of fused-ring (bicyclic) bond motifs is 1. The zero-order valence-electron chi connectivity index (χ0n) is 10.2. The summed E-state index contributed by atoms with van der Waals surface area (Å²) in [7, 11) is 0. The molecule has 0 aromatic carbocycles. The lowest BCUT2D eigenvalue weighted by Gasteiger charge is -2.27. The van der Waals surface area contributed by atoms with Gasteiger partial charge in [0.15, 0.2) is 0 Å². The van der Waals surface area contributed by atoms with Crippen LogP contribution < -0.4 is 5.32 Å². The van der Waals surface area contributed by atoms with Crippen LogP contribution in [0.1, 0.15) is 34.9 Å². The van der Waals surface area contributed by atoms with E-state index in [1.807, 2.05) is 23.5 Å². The Labute approximate surface area is 111 Å². The van der Waals surface area contributed by atoms with Gasteiger partial charge in [0.1, 0.15) is 5.82 Å². The lowest BCUT2D eigenvalue weighted by atomic mass is 10.2. The second-order valence-electron chi connectivity index (χ2n) is 4.56. The van der Waals surface area contributed by atoms with Crippen molar-refractivity contribution in [1.29, 1.82) is 0 Å². The van der Waals surface area contributed by atoms with Gasteiger partial charge in [0, 0.05) is 41.1 Å². The molecule has 2 atom stereocenters. The van der Waals surface area contributed by atoms with Crippen molar-refractivity contribution in [3.05, 3.63) is 22.8 Å². The number of nitrogens with zero attached hydrogens (tertiary/aromatic N) is 2. The summed E-state index contributed by atoms with van der Waals surface area (Å²) in [6.45, 7) is 6.25. The quantitative estimate of drug-likeness (QED) is 0.845. The first-order valence-corrected chi connectivity index (χ1v) is 8.15. The highest BCUT2D eigenvalue weighted by atomic mass is 32.2. The van der Waals surface area contributed by atoms with Gasteiger partial charge in [-0.25, -0.2) is 9.97 Å². The van der Waals surface area contributed by atoms with Crippen LogP contribution in [0.25, 0.3) is 0 Å². The van der Waals surface area contributed by atoms with Gasteiger partial charge >= 0.3 is 0 Å². The third kappa shape index (κ3) is 2.20. The molecule has 3 rings (SSSR count). The minimum Gasteiger partial charge on any atom is -0.307 e. The number of hydrogen-bond acceptors (Lipinski definition) is 5. The molecule has 5 heteroatoms. The Bertz CT molecular complexity index is 436. The van der Waals surface area contributed by atoms with Gasteiger partial charge in [-0.1, -0.05) is 6.92 Å². The van der Waals surface area contributed by atoms with Crippen molar-refractivity contribution in [3.63, 3.8) is 0 Å². The molecule has 1 aromatic heterocycles. The van der Waals surface area contributed by atoms with E-state index in [1.54, 1.807) is 0 Å². The highest BCUT2D eigenvalue weighted by molar-refractivity contribution is 8.06. The maximum absolute atomic E-state index is 4.78. The van der Waals surface area contributed by atoms with Gasteiger partial charge in [-0.2, -0.15) is 11.8 Å². The Balaban J connectivity index is 1.95. The van der Waals surface area contributed by atoms with E-state index in [4.69, 9.17) is 9.97 Å². The second-order valence-corrected chi connectivity index (χ2v) is 7.30. The first-order valence-electron chi connectivity index (χ1n) is 6.06. The maximum Gasteiger partial charge on any atom is 0.142 e. The Kier molecular flexibility index (Phi) is 3.32. The van der Waals surface area contributed by atoms with E-state index >= 15 is 0 Å². The number of aryl methyl sites for hydroxylation is 1. The molecule has 92 valence electrons. The molecular formula is C12H17N3S2. The summed E-state index contributed by atoms with van der Waals surface area (Å²) in [6.07, 6.45) is 0. The molecule has 0 bridgehead atoms. The standard InChI is InChI=1S/C12H17N3S2/c1-7-9-5-13-6-10(9)15-12(14-7)11-8(2)16-3-4-17-11/h8,11,13H,3-6H2,1-2H3. The van der Waals surface area contributed by atoms with E-state index in [1.165, 1.54) is 28.5 Å². The van der Waals surface area contributed by atoms with Crippen molar-refractivity contribution in [1.82, 2.24) is 15.3 Å². The zero-order chi connectivity index (χ0) is 11.8. The van der Waals surface area contributed by atoms with Gasteiger partial charge in [0.05, 0.1) is 10.9 Å². The number of nitrogens with one attached hydrogen (secondary N) is 1. The molecule has 2 aliphatic heterocycles. The predicted octanol–water partition coefficient (Wildman–Crippen LogP) is 2.30. The maximum atomic E-state index is 4.78. The predicted molar refractivity (Wildman–Crippen MR) is 74.4 cm³/mol. The van der Waals surface area contributed by atoms with Gasteiger partial charge in [0.2, 0.25) is 0 Å². The second kappa shape index (κ2) is 4.78. The number of aromatic nitrogens is 2. The Hall–Kier alpha value is -0.260. The van der Waals surface area contributed by atoms with Crippen LogP contribution in [0.2, 0.25) is 0 Å². The van der Waals surface area contributed by atoms with E-state index in [0.717, 1.165) is 18.9 Å². The third-order valence-corrected chi connectivity index (χ3v) is 6.44. The van der Waals surface area contributed by atoms with E-state index < -0.39 is 0 Å². The number of rotatable bonds is 1. The summed E-state index contributed by atoms with van der Waals surface area (Å²) in [6, 6.07) is 0. The summed E-state index contributed by atoms with van der Waals surface area (Å²) in [5, 5.41) is 4.45. The molecule has 1 aromatic rings. The normalized spacial score (nSPS) is 28.1. The van der Waals surface area contributed by atoms with E-state index in [2.05, 4.69) is 19.2 Å². The lowest BCUT2D eigenvalue weighted by Crippen LogP contribution is -2.19. The van der Waals surface area contributed by atoms with Gasteiger partial charge in [-0.3, -0.25) is 0 Å². The first-order chi connectivity index (χ1) is 8.25. The topological polar surface area (TPSA) is 37.8 Å². The van der Waals surface area contributed by atoms with E-state index in [-0.39, 0.29) is 0 Å². The number of thioether (sulfide) groups is 2. The van der Waals surface area contributed by atoms with Gasteiger partial charge < -0.3 is 5.32 Å². The highest BCUT2D eigenvalue weighted by Gasteiger charge is 2.28. The number of hydrogen-bond donors (Lipinski definition) is 1.